The molecule has 0 spiro atoms. The van der Waals surface area contributed by atoms with Crippen molar-refractivity contribution in [2.24, 2.45) is 0 Å². The molecule has 1 aliphatic rings. The smallest absolute Gasteiger partial charge is 0.254 e. The Kier molecular flexibility index (Phi) is 3.45. The molecule has 3 nitrogen and oxygen atoms in total. The second kappa shape index (κ2) is 4.70. The summed E-state index contributed by atoms with van der Waals surface area (Å²) in [5, 5.41) is 0. The molecule has 0 N–H and O–H groups in total. The van der Waals surface area contributed by atoms with E-state index < -0.39 is 0 Å². The Balaban J connectivity index is 2.15. The molecule has 17 heavy (non-hydrogen) atoms. The summed E-state index contributed by atoms with van der Waals surface area (Å²) in [4.78, 5) is 14.9. The van der Waals surface area contributed by atoms with Gasteiger partial charge in [-0.15, -0.1) is 12.6 Å². The molecule has 1 heterocycles. The molecule has 4 heteroatoms. The van der Waals surface area contributed by atoms with Gasteiger partial charge in [-0.05, 0) is 32.0 Å². The van der Waals surface area contributed by atoms with E-state index in [1.165, 1.54) is 0 Å². The number of ether oxygens (including phenoxy) is 1. The molecule has 1 aliphatic heterocycles. The Labute approximate surface area is 107 Å². The van der Waals surface area contributed by atoms with Crippen LogP contribution in [0.2, 0.25) is 0 Å². The van der Waals surface area contributed by atoms with Gasteiger partial charge in [-0.1, -0.05) is 6.07 Å². The van der Waals surface area contributed by atoms with Gasteiger partial charge in [0.15, 0.2) is 0 Å². The number of morpholine rings is 1. The summed E-state index contributed by atoms with van der Waals surface area (Å²) in [5.74, 6) is 0.0530. The Hall–Kier alpha value is -1.00. The van der Waals surface area contributed by atoms with Crippen molar-refractivity contribution in [1.29, 1.82) is 0 Å². The number of nitrogens with zero attached hydrogens (tertiary/aromatic N) is 1. The maximum absolute atomic E-state index is 12.3. The third kappa shape index (κ3) is 3.01. The van der Waals surface area contributed by atoms with Crippen molar-refractivity contribution in [2.75, 3.05) is 19.7 Å². The maximum atomic E-state index is 12.3. The van der Waals surface area contributed by atoms with Gasteiger partial charge in [-0.25, -0.2) is 0 Å². The Morgan fingerprint density at radius 2 is 2.24 bits per heavy atom. The molecule has 1 amide bonds. The first-order chi connectivity index (χ1) is 7.98. The number of hydrogen-bond donors (Lipinski definition) is 1. The predicted molar refractivity (Wildman–Crippen MR) is 69.6 cm³/mol. The fourth-order valence-electron chi connectivity index (χ4n) is 2.01. The van der Waals surface area contributed by atoms with Crippen LogP contribution in [-0.4, -0.2) is 36.1 Å². The average Bonchev–Trinajstić information content (AvgIpc) is 2.26. The SMILES string of the molecule is CC1(C)CN(C(=O)c2cccc(S)c2)CCO1. The second-order valence-electron chi connectivity index (χ2n) is 4.89. The lowest BCUT2D eigenvalue weighted by Gasteiger charge is -2.38. The van der Waals surface area contributed by atoms with Crippen LogP contribution in [0.15, 0.2) is 29.2 Å². The van der Waals surface area contributed by atoms with E-state index in [1.807, 2.05) is 36.9 Å². The van der Waals surface area contributed by atoms with E-state index in [0.717, 1.165) is 4.90 Å². The summed E-state index contributed by atoms with van der Waals surface area (Å²) in [6, 6.07) is 7.34. The van der Waals surface area contributed by atoms with Crippen LogP contribution in [0.1, 0.15) is 24.2 Å². The van der Waals surface area contributed by atoms with Crippen LogP contribution < -0.4 is 0 Å². The van der Waals surface area contributed by atoms with Crippen molar-refractivity contribution in [3.05, 3.63) is 29.8 Å². The topological polar surface area (TPSA) is 29.5 Å². The van der Waals surface area contributed by atoms with Crippen LogP contribution in [0.3, 0.4) is 0 Å². The van der Waals surface area contributed by atoms with Crippen molar-refractivity contribution < 1.29 is 9.53 Å². The van der Waals surface area contributed by atoms with Crippen LogP contribution in [0.4, 0.5) is 0 Å². The lowest BCUT2D eigenvalue weighted by molar-refractivity contribution is -0.0764. The third-order valence-corrected chi connectivity index (χ3v) is 3.08. The number of hydrogen-bond acceptors (Lipinski definition) is 3. The van der Waals surface area contributed by atoms with E-state index in [4.69, 9.17) is 4.74 Å². The molecule has 1 saturated heterocycles. The molecular weight excluding hydrogens is 234 g/mol. The van der Waals surface area contributed by atoms with Gasteiger partial charge in [0.05, 0.1) is 12.2 Å². The molecule has 0 bridgehead atoms. The first kappa shape index (κ1) is 12.5. The lowest BCUT2D eigenvalue weighted by atomic mass is 10.1. The highest BCUT2D eigenvalue weighted by Gasteiger charge is 2.30. The van der Waals surface area contributed by atoms with Crippen molar-refractivity contribution in [1.82, 2.24) is 4.90 Å². The Morgan fingerprint density at radius 1 is 1.47 bits per heavy atom. The first-order valence-electron chi connectivity index (χ1n) is 5.70. The van der Waals surface area contributed by atoms with Gasteiger partial charge in [0.25, 0.3) is 5.91 Å². The van der Waals surface area contributed by atoms with E-state index in [2.05, 4.69) is 12.6 Å². The molecule has 1 fully saturated rings. The minimum Gasteiger partial charge on any atom is -0.372 e. The summed E-state index contributed by atoms with van der Waals surface area (Å²) in [6.07, 6.45) is 0. The normalized spacial score (nSPS) is 19.1. The van der Waals surface area contributed by atoms with E-state index >= 15 is 0 Å². The van der Waals surface area contributed by atoms with Gasteiger partial charge in [-0.3, -0.25) is 4.79 Å². The molecule has 1 aromatic carbocycles. The zero-order chi connectivity index (χ0) is 12.5. The summed E-state index contributed by atoms with van der Waals surface area (Å²) in [6.45, 7) is 5.88. The zero-order valence-electron chi connectivity index (χ0n) is 10.1. The minimum atomic E-state index is -0.257. The van der Waals surface area contributed by atoms with Crippen LogP contribution in [0, 0.1) is 0 Å². The van der Waals surface area contributed by atoms with Crippen molar-refractivity contribution >= 4 is 18.5 Å². The molecule has 2 rings (SSSR count). The highest BCUT2D eigenvalue weighted by atomic mass is 32.1. The summed E-state index contributed by atoms with van der Waals surface area (Å²) in [7, 11) is 0. The van der Waals surface area contributed by atoms with E-state index in [-0.39, 0.29) is 11.5 Å². The average molecular weight is 251 g/mol. The first-order valence-corrected chi connectivity index (χ1v) is 6.15. The standard InChI is InChI=1S/C13H17NO2S/c1-13(2)9-14(6-7-16-13)12(15)10-4-3-5-11(17)8-10/h3-5,8,17H,6-7,9H2,1-2H3. The van der Waals surface area contributed by atoms with Gasteiger partial charge in [0, 0.05) is 23.5 Å². The summed E-state index contributed by atoms with van der Waals surface area (Å²) < 4.78 is 5.60. The monoisotopic (exact) mass is 251 g/mol. The molecule has 0 atom stereocenters. The maximum Gasteiger partial charge on any atom is 0.254 e. The number of carbonyl (C=O) groups is 1. The van der Waals surface area contributed by atoms with Crippen LogP contribution >= 0.6 is 12.6 Å². The van der Waals surface area contributed by atoms with Crippen LogP contribution in [0.5, 0.6) is 0 Å². The largest absolute Gasteiger partial charge is 0.372 e. The number of thiol groups is 1. The van der Waals surface area contributed by atoms with Crippen LogP contribution in [0.25, 0.3) is 0 Å². The number of amides is 1. The predicted octanol–water partition coefficient (Wildman–Crippen LogP) is 2.23. The fourth-order valence-corrected chi connectivity index (χ4v) is 2.24. The van der Waals surface area contributed by atoms with Gasteiger partial charge >= 0.3 is 0 Å². The molecule has 1 aromatic rings. The number of carbonyl (C=O) groups excluding carboxylic acids is 1. The summed E-state index contributed by atoms with van der Waals surface area (Å²) >= 11 is 4.25. The van der Waals surface area contributed by atoms with Crippen molar-refractivity contribution in [2.45, 2.75) is 24.3 Å². The molecule has 0 aromatic heterocycles. The molecular formula is C13H17NO2S. The van der Waals surface area contributed by atoms with Crippen LogP contribution in [-0.2, 0) is 4.74 Å². The molecule has 0 saturated carbocycles. The quantitative estimate of drug-likeness (QED) is 0.776. The second-order valence-corrected chi connectivity index (χ2v) is 5.40. The molecule has 0 aliphatic carbocycles. The fraction of sp³-hybridized carbons (Fsp3) is 0.462. The molecule has 92 valence electrons. The Bertz CT molecular complexity index is 431. The van der Waals surface area contributed by atoms with Gasteiger partial charge in [0.1, 0.15) is 0 Å². The third-order valence-electron chi connectivity index (χ3n) is 2.81. The highest BCUT2D eigenvalue weighted by Crippen LogP contribution is 2.19. The Morgan fingerprint density at radius 3 is 2.88 bits per heavy atom. The van der Waals surface area contributed by atoms with Crippen molar-refractivity contribution in [3.8, 4) is 0 Å². The highest BCUT2D eigenvalue weighted by molar-refractivity contribution is 7.80. The van der Waals surface area contributed by atoms with E-state index in [0.29, 0.717) is 25.3 Å². The summed E-state index contributed by atoms with van der Waals surface area (Å²) in [5.41, 5.74) is 0.433. The van der Waals surface area contributed by atoms with E-state index in [9.17, 15) is 4.79 Å². The van der Waals surface area contributed by atoms with E-state index in [1.54, 1.807) is 6.07 Å². The van der Waals surface area contributed by atoms with Crippen molar-refractivity contribution in [3.63, 3.8) is 0 Å². The minimum absolute atomic E-state index is 0.0530. The van der Waals surface area contributed by atoms with Gasteiger partial charge in [-0.2, -0.15) is 0 Å². The molecule has 0 radical (unpaired) electrons. The van der Waals surface area contributed by atoms with Gasteiger partial charge < -0.3 is 9.64 Å². The lowest BCUT2D eigenvalue weighted by Crippen LogP contribution is -2.50. The number of rotatable bonds is 1. The van der Waals surface area contributed by atoms with Gasteiger partial charge in [0.2, 0.25) is 0 Å². The number of benzene rings is 1. The molecule has 0 unspecified atom stereocenters. The zero-order valence-corrected chi connectivity index (χ0v) is 11.0.